The number of methoxy groups -OCH3 is 1. The summed E-state index contributed by atoms with van der Waals surface area (Å²) < 4.78 is 10.2. The third-order valence-electron chi connectivity index (χ3n) is 1.45. The van der Waals surface area contributed by atoms with Crippen LogP contribution in [0.5, 0.6) is 12.0 Å². The van der Waals surface area contributed by atoms with Gasteiger partial charge in [0.15, 0.2) is 0 Å². The van der Waals surface area contributed by atoms with Crippen LogP contribution in [0.25, 0.3) is 0 Å². The fourth-order valence-corrected chi connectivity index (χ4v) is 0.800. The monoisotopic (exact) mass is 213 g/mol. The molecular formula is C8H15N5O2. The molecule has 7 heteroatoms. The van der Waals surface area contributed by atoms with Crippen LogP contribution < -0.4 is 20.7 Å². The number of nitrogens with two attached hydrogens (primary N) is 1. The van der Waals surface area contributed by atoms with Crippen molar-refractivity contribution >= 4 is 5.95 Å². The Morgan fingerprint density at radius 1 is 1.27 bits per heavy atom. The van der Waals surface area contributed by atoms with E-state index < -0.39 is 0 Å². The Morgan fingerprint density at radius 2 is 1.93 bits per heavy atom. The lowest BCUT2D eigenvalue weighted by Gasteiger charge is -2.08. The first-order chi connectivity index (χ1) is 7.15. The van der Waals surface area contributed by atoms with Gasteiger partial charge < -0.3 is 9.47 Å². The number of hydrazine groups is 1. The molecule has 15 heavy (non-hydrogen) atoms. The molecule has 0 aliphatic rings. The highest BCUT2D eigenvalue weighted by molar-refractivity contribution is 5.25. The van der Waals surface area contributed by atoms with Crippen molar-refractivity contribution in [2.24, 2.45) is 11.8 Å². The maximum atomic E-state index is 5.31. The molecule has 0 aliphatic heterocycles. The summed E-state index contributed by atoms with van der Waals surface area (Å²) in [5.41, 5.74) is 2.31. The summed E-state index contributed by atoms with van der Waals surface area (Å²) in [6.07, 6.45) is 0. The van der Waals surface area contributed by atoms with Gasteiger partial charge in [-0.25, -0.2) is 5.84 Å². The topological polar surface area (TPSA) is 95.2 Å². The molecule has 7 nitrogen and oxygen atoms in total. The number of hydrogen-bond acceptors (Lipinski definition) is 7. The average molecular weight is 213 g/mol. The van der Waals surface area contributed by atoms with Crippen LogP contribution in [-0.2, 0) is 0 Å². The molecule has 0 unspecified atom stereocenters. The van der Waals surface area contributed by atoms with Crippen LogP contribution in [0.2, 0.25) is 0 Å². The number of rotatable bonds is 5. The predicted molar refractivity (Wildman–Crippen MR) is 54.5 cm³/mol. The Hall–Kier alpha value is -1.63. The van der Waals surface area contributed by atoms with Crippen LogP contribution >= 0.6 is 0 Å². The Labute approximate surface area is 88.0 Å². The molecule has 1 rings (SSSR count). The number of anilines is 1. The molecule has 0 radical (unpaired) electrons. The lowest BCUT2D eigenvalue weighted by Crippen LogP contribution is -2.14. The van der Waals surface area contributed by atoms with Gasteiger partial charge in [0, 0.05) is 0 Å². The third-order valence-corrected chi connectivity index (χ3v) is 1.45. The van der Waals surface area contributed by atoms with Crippen molar-refractivity contribution in [1.29, 1.82) is 0 Å². The van der Waals surface area contributed by atoms with E-state index in [2.05, 4.69) is 20.4 Å². The van der Waals surface area contributed by atoms with E-state index in [1.807, 2.05) is 13.8 Å². The second-order valence-corrected chi connectivity index (χ2v) is 3.28. The zero-order valence-corrected chi connectivity index (χ0v) is 9.02. The molecule has 0 aromatic carbocycles. The number of aromatic nitrogens is 3. The molecule has 0 aliphatic carbocycles. The van der Waals surface area contributed by atoms with Crippen LogP contribution in [0.15, 0.2) is 0 Å². The van der Waals surface area contributed by atoms with Crippen molar-refractivity contribution in [1.82, 2.24) is 15.0 Å². The van der Waals surface area contributed by atoms with E-state index in [1.165, 1.54) is 7.11 Å². The molecule has 0 saturated heterocycles. The summed E-state index contributed by atoms with van der Waals surface area (Å²) in [7, 11) is 1.46. The average Bonchev–Trinajstić information content (AvgIpc) is 2.25. The van der Waals surface area contributed by atoms with Gasteiger partial charge in [-0.1, -0.05) is 13.8 Å². The fourth-order valence-electron chi connectivity index (χ4n) is 0.800. The van der Waals surface area contributed by atoms with E-state index in [1.54, 1.807) is 0 Å². The Kier molecular flexibility index (Phi) is 4.04. The van der Waals surface area contributed by atoms with Gasteiger partial charge in [-0.15, -0.1) is 4.98 Å². The summed E-state index contributed by atoms with van der Waals surface area (Å²) in [5, 5.41) is 0. The first kappa shape index (κ1) is 11.4. The van der Waals surface area contributed by atoms with Gasteiger partial charge in [0.25, 0.3) is 0 Å². The molecule has 0 bridgehead atoms. The van der Waals surface area contributed by atoms with Crippen LogP contribution in [-0.4, -0.2) is 28.7 Å². The zero-order valence-electron chi connectivity index (χ0n) is 9.02. The lowest BCUT2D eigenvalue weighted by molar-refractivity contribution is 0.244. The zero-order chi connectivity index (χ0) is 11.3. The van der Waals surface area contributed by atoms with E-state index in [-0.39, 0.29) is 18.0 Å². The molecule has 0 spiro atoms. The maximum Gasteiger partial charge on any atom is 0.324 e. The molecule has 3 N–H and O–H groups in total. The summed E-state index contributed by atoms with van der Waals surface area (Å²) in [6, 6.07) is 0.361. The number of ether oxygens (including phenoxy) is 2. The van der Waals surface area contributed by atoms with Crippen molar-refractivity contribution in [3.63, 3.8) is 0 Å². The summed E-state index contributed by atoms with van der Waals surface area (Å²) >= 11 is 0. The van der Waals surface area contributed by atoms with Gasteiger partial charge in [-0.3, -0.25) is 5.43 Å². The summed E-state index contributed by atoms with van der Waals surface area (Å²) in [4.78, 5) is 11.7. The highest BCUT2D eigenvalue weighted by atomic mass is 16.5. The Morgan fingerprint density at radius 3 is 2.47 bits per heavy atom. The molecule has 0 amide bonds. The van der Waals surface area contributed by atoms with Crippen LogP contribution in [0.4, 0.5) is 5.95 Å². The van der Waals surface area contributed by atoms with Crippen molar-refractivity contribution in [3.8, 4) is 12.0 Å². The SMILES string of the molecule is COc1nc(NN)nc(OCC(C)C)n1. The van der Waals surface area contributed by atoms with Crippen LogP contribution in [0.1, 0.15) is 13.8 Å². The minimum absolute atomic E-state index is 0.164. The van der Waals surface area contributed by atoms with Gasteiger partial charge in [-0.05, 0) is 5.92 Å². The van der Waals surface area contributed by atoms with Gasteiger partial charge >= 0.3 is 12.0 Å². The van der Waals surface area contributed by atoms with Crippen LogP contribution in [0, 0.1) is 5.92 Å². The van der Waals surface area contributed by atoms with Gasteiger partial charge in [0.05, 0.1) is 13.7 Å². The first-order valence-corrected chi connectivity index (χ1v) is 4.55. The first-order valence-electron chi connectivity index (χ1n) is 4.55. The van der Waals surface area contributed by atoms with E-state index in [0.717, 1.165) is 0 Å². The fraction of sp³-hybridized carbons (Fsp3) is 0.625. The molecular weight excluding hydrogens is 198 g/mol. The highest BCUT2D eigenvalue weighted by Crippen LogP contribution is 2.12. The summed E-state index contributed by atoms with van der Waals surface area (Å²) in [5.74, 6) is 5.78. The Bertz CT molecular complexity index is 296. The standard InChI is InChI=1S/C8H15N5O2/c1-5(2)4-15-8-11-6(13-9)10-7(12-8)14-3/h5H,4,9H2,1-3H3,(H,10,11,12,13). The number of nitrogens with one attached hydrogen (secondary N) is 1. The number of nitrogens with zero attached hydrogens (tertiary/aromatic N) is 3. The summed E-state index contributed by atoms with van der Waals surface area (Å²) in [6.45, 7) is 4.58. The van der Waals surface area contributed by atoms with Gasteiger partial charge in [0.2, 0.25) is 5.95 Å². The van der Waals surface area contributed by atoms with Gasteiger partial charge in [-0.2, -0.15) is 9.97 Å². The quantitative estimate of drug-likeness (QED) is 0.532. The van der Waals surface area contributed by atoms with E-state index in [0.29, 0.717) is 12.5 Å². The lowest BCUT2D eigenvalue weighted by atomic mass is 10.2. The molecule has 84 valence electrons. The second kappa shape index (κ2) is 5.30. The molecule has 0 saturated carbocycles. The number of nitrogen functional groups attached to an aromatic ring is 1. The molecule has 0 fully saturated rings. The largest absolute Gasteiger partial charge is 0.467 e. The van der Waals surface area contributed by atoms with Crippen molar-refractivity contribution in [2.75, 3.05) is 19.1 Å². The normalized spacial score (nSPS) is 10.2. The predicted octanol–water partition coefficient (Wildman–Crippen LogP) is 0.201. The second-order valence-electron chi connectivity index (χ2n) is 3.28. The smallest absolute Gasteiger partial charge is 0.324 e. The van der Waals surface area contributed by atoms with Crippen molar-refractivity contribution < 1.29 is 9.47 Å². The molecule has 0 atom stereocenters. The molecule has 1 heterocycles. The van der Waals surface area contributed by atoms with Crippen LogP contribution in [0.3, 0.4) is 0 Å². The minimum atomic E-state index is 0.164. The maximum absolute atomic E-state index is 5.31. The third kappa shape index (κ3) is 3.55. The highest BCUT2D eigenvalue weighted by Gasteiger charge is 2.07. The molecule has 1 aromatic rings. The number of hydrogen-bond donors (Lipinski definition) is 2. The Balaban J connectivity index is 2.77. The van der Waals surface area contributed by atoms with E-state index in [9.17, 15) is 0 Å². The van der Waals surface area contributed by atoms with Crippen molar-refractivity contribution in [3.05, 3.63) is 0 Å². The van der Waals surface area contributed by atoms with Gasteiger partial charge in [0.1, 0.15) is 0 Å². The minimum Gasteiger partial charge on any atom is -0.467 e. The van der Waals surface area contributed by atoms with Crippen molar-refractivity contribution in [2.45, 2.75) is 13.8 Å². The van der Waals surface area contributed by atoms with E-state index in [4.69, 9.17) is 15.3 Å². The molecule has 1 aromatic heterocycles. The van der Waals surface area contributed by atoms with E-state index >= 15 is 0 Å².